The Hall–Kier alpha value is -0.0400. The van der Waals surface area contributed by atoms with Crippen LogP contribution in [0.1, 0.15) is 47.0 Å². The first-order valence-electron chi connectivity index (χ1n) is 6.29. The predicted molar refractivity (Wildman–Crippen MR) is 61.3 cm³/mol. The van der Waals surface area contributed by atoms with Gasteiger partial charge in [0, 0.05) is 19.1 Å². The average Bonchev–Trinajstić information content (AvgIpc) is 2.43. The van der Waals surface area contributed by atoms with E-state index in [1.807, 2.05) is 0 Å². The van der Waals surface area contributed by atoms with Gasteiger partial charge >= 0.3 is 0 Å². The molecule has 1 saturated carbocycles. The molecule has 0 radical (unpaired) electrons. The highest BCUT2D eigenvalue weighted by atomic mass is 15.2. The highest BCUT2D eigenvalue weighted by Crippen LogP contribution is 2.52. The summed E-state index contributed by atoms with van der Waals surface area (Å²) in [5.41, 5.74) is 0.735. The fourth-order valence-electron chi connectivity index (χ4n) is 3.73. The summed E-state index contributed by atoms with van der Waals surface area (Å²) < 4.78 is 0. The van der Waals surface area contributed by atoms with Crippen molar-refractivity contribution in [3.63, 3.8) is 0 Å². The lowest BCUT2D eigenvalue weighted by Gasteiger charge is -2.54. The second-order valence-corrected chi connectivity index (χ2v) is 6.10. The minimum absolute atomic E-state index is 0.735. The van der Waals surface area contributed by atoms with Crippen LogP contribution in [0.25, 0.3) is 0 Å². The fraction of sp³-hybridized carbons (Fsp3) is 1.00. The largest absolute Gasteiger partial charge is 0.300 e. The summed E-state index contributed by atoms with van der Waals surface area (Å²) in [7, 11) is 0. The lowest BCUT2D eigenvalue weighted by atomic mass is 9.67. The van der Waals surface area contributed by atoms with Crippen molar-refractivity contribution in [3.8, 4) is 0 Å². The topological polar surface area (TPSA) is 3.24 Å². The van der Waals surface area contributed by atoms with Gasteiger partial charge in [0.15, 0.2) is 0 Å². The summed E-state index contributed by atoms with van der Waals surface area (Å²) >= 11 is 0. The van der Waals surface area contributed by atoms with E-state index in [2.05, 4.69) is 32.6 Å². The van der Waals surface area contributed by atoms with E-state index in [9.17, 15) is 0 Å². The van der Waals surface area contributed by atoms with Gasteiger partial charge in [0.2, 0.25) is 0 Å². The molecule has 0 aromatic carbocycles. The molecular formula is C13H25N. The van der Waals surface area contributed by atoms with Crippen LogP contribution >= 0.6 is 0 Å². The van der Waals surface area contributed by atoms with Crippen molar-refractivity contribution in [1.82, 2.24) is 4.90 Å². The summed E-state index contributed by atoms with van der Waals surface area (Å²) in [6, 6.07) is 0.758. The molecule has 1 aliphatic carbocycles. The molecule has 82 valence electrons. The van der Waals surface area contributed by atoms with Gasteiger partial charge in [-0.15, -0.1) is 0 Å². The Morgan fingerprint density at radius 3 is 2.29 bits per heavy atom. The zero-order valence-corrected chi connectivity index (χ0v) is 10.2. The molecule has 1 nitrogen and oxygen atoms in total. The number of hydrogen-bond donors (Lipinski definition) is 0. The molecule has 14 heavy (non-hydrogen) atoms. The molecule has 1 heterocycles. The molecule has 0 bridgehead atoms. The van der Waals surface area contributed by atoms with Gasteiger partial charge in [-0.2, -0.15) is 0 Å². The Labute approximate surface area is 88.9 Å². The Balaban J connectivity index is 1.98. The third-order valence-corrected chi connectivity index (χ3v) is 4.55. The number of rotatable bonds is 2. The molecule has 0 amide bonds. The number of nitrogens with zero attached hydrogens (tertiary/aromatic N) is 1. The quantitative estimate of drug-likeness (QED) is 0.654. The second-order valence-electron chi connectivity index (χ2n) is 6.10. The van der Waals surface area contributed by atoms with Crippen molar-refractivity contribution in [1.29, 1.82) is 0 Å². The van der Waals surface area contributed by atoms with Gasteiger partial charge in [0.1, 0.15) is 0 Å². The summed E-state index contributed by atoms with van der Waals surface area (Å²) in [6.07, 6.45) is 4.47. The average molecular weight is 195 g/mol. The van der Waals surface area contributed by atoms with Crippen LogP contribution in [0, 0.1) is 17.3 Å². The fourth-order valence-corrected chi connectivity index (χ4v) is 3.73. The van der Waals surface area contributed by atoms with E-state index in [-0.39, 0.29) is 0 Å². The molecule has 1 spiro atoms. The zero-order valence-electron chi connectivity index (χ0n) is 10.2. The van der Waals surface area contributed by atoms with Crippen LogP contribution in [0.5, 0.6) is 0 Å². The van der Waals surface area contributed by atoms with Crippen LogP contribution in [0.3, 0.4) is 0 Å². The summed E-state index contributed by atoms with van der Waals surface area (Å²) in [5.74, 6) is 1.91. The van der Waals surface area contributed by atoms with E-state index < -0.39 is 0 Å². The lowest BCUT2D eigenvalue weighted by Crippen LogP contribution is -2.60. The van der Waals surface area contributed by atoms with E-state index in [4.69, 9.17) is 0 Å². The minimum atomic E-state index is 0.735. The first kappa shape index (κ1) is 10.5. The zero-order chi connectivity index (χ0) is 10.3. The van der Waals surface area contributed by atoms with Gasteiger partial charge in [-0.25, -0.2) is 0 Å². The Morgan fingerprint density at radius 1 is 1.14 bits per heavy atom. The highest BCUT2D eigenvalue weighted by molar-refractivity contribution is 5.04. The smallest absolute Gasteiger partial charge is 0.00560 e. The van der Waals surface area contributed by atoms with Crippen molar-refractivity contribution < 1.29 is 0 Å². The first-order chi connectivity index (χ1) is 6.55. The monoisotopic (exact) mass is 195 g/mol. The van der Waals surface area contributed by atoms with Gasteiger partial charge in [-0.05, 0) is 43.9 Å². The van der Waals surface area contributed by atoms with Crippen molar-refractivity contribution in [2.75, 3.05) is 13.1 Å². The molecule has 0 aromatic heterocycles. The van der Waals surface area contributed by atoms with E-state index in [1.54, 1.807) is 0 Å². The summed E-state index contributed by atoms with van der Waals surface area (Å²) in [5, 5.41) is 0. The second kappa shape index (κ2) is 3.52. The molecule has 2 fully saturated rings. The maximum atomic E-state index is 2.64. The minimum Gasteiger partial charge on any atom is -0.300 e. The van der Waals surface area contributed by atoms with Crippen LogP contribution in [-0.4, -0.2) is 24.0 Å². The summed E-state index contributed by atoms with van der Waals surface area (Å²) in [4.78, 5) is 2.64. The molecule has 1 heteroatoms. The predicted octanol–water partition coefficient (Wildman–Crippen LogP) is 3.15. The van der Waals surface area contributed by atoms with Gasteiger partial charge in [0.25, 0.3) is 0 Å². The molecule has 1 atom stereocenters. The summed E-state index contributed by atoms with van der Waals surface area (Å²) in [6.45, 7) is 12.2. The van der Waals surface area contributed by atoms with E-state index in [1.165, 1.54) is 32.4 Å². The maximum absolute atomic E-state index is 2.64. The normalized spacial score (nSPS) is 31.7. The lowest BCUT2D eigenvalue weighted by molar-refractivity contribution is -0.0607. The molecule has 1 saturated heterocycles. The van der Waals surface area contributed by atoms with Crippen molar-refractivity contribution in [2.45, 2.75) is 53.0 Å². The van der Waals surface area contributed by atoms with Gasteiger partial charge in [-0.3, -0.25) is 4.90 Å². The molecule has 0 N–H and O–H groups in total. The van der Waals surface area contributed by atoms with Crippen LogP contribution < -0.4 is 0 Å². The molecule has 1 unspecified atom stereocenters. The van der Waals surface area contributed by atoms with Crippen LogP contribution in [-0.2, 0) is 0 Å². The first-order valence-corrected chi connectivity index (χ1v) is 6.29. The molecule has 2 rings (SSSR count). The van der Waals surface area contributed by atoms with Crippen molar-refractivity contribution in [2.24, 2.45) is 17.3 Å². The maximum Gasteiger partial charge on any atom is 0.00560 e. The van der Waals surface area contributed by atoms with Crippen LogP contribution in [0.15, 0.2) is 0 Å². The number of likely N-dealkylation sites (tertiary alicyclic amines) is 1. The van der Waals surface area contributed by atoms with Gasteiger partial charge in [-0.1, -0.05) is 20.3 Å². The van der Waals surface area contributed by atoms with Crippen molar-refractivity contribution >= 4 is 0 Å². The van der Waals surface area contributed by atoms with E-state index in [0.717, 1.165) is 23.3 Å². The molecule has 0 aromatic rings. The van der Waals surface area contributed by atoms with Crippen molar-refractivity contribution in [3.05, 3.63) is 0 Å². The van der Waals surface area contributed by atoms with Crippen LogP contribution in [0.2, 0.25) is 0 Å². The van der Waals surface area contributed by atoms with E-state index in [0.29, 0.717) is 0 Å². The third kappa shape index (κ3) is 1.50. The van der Waals surface area contributed by atoms with Gasteiger partial charge < -0.3 is 0 Å². The number of hydrogen-bond acceptors (Lipinski definition) is 1. The Kier molecular flexibility index (Phi) is 2.63. The van der Waals surface area contributed by atoms with Gasteiger partial charge in [0.05, 0.1) is 0 Å². The third-order valence-electron chi connectivity index (χ3n) is 4.55. The van der Waals surface area contributed by atoms with E-state index >= 15 is 0 Å². The Bertz CT molecular complexity index is 201. The highest BCUT2D eigenvalue weighted by Gasteiger charge is 2.52. The standard InChI is InChI=1S/C13H25N/c1-10(2)12-6-5-7-13(12)8-14(9-13)11(3)4/h10-12H,5-9H2,1-4H3. The SMILES string of the molecule is CC(C)C1CCCC12CN(C(C)C)C2. The molecular weight excluding hydrogens is 170 g/mol. The Morgan fingerprint density at radius 2 is 1.79 bits per heavy atom. The molecule has 2 aliphatic rings. The molecule has 1 aliphatic heterocycles. The van der Waals surface area contributed by atoms with Crippen LogP contribution in [0.4, 0.5) is 0 Å².